The first kappa shape index (κ1) is 23.3. The summed E-state index contributed by atoms with van der Waals surface area (Å²) in [4.78, 5) is 15.4. The number of benzene rings is 2. The molecule has 1 aliphatic rings. The highest BCUT2D eigenvalue weighted by Crippen LogP contribution is 2.34. The van der Waals surface area contributed by atoms with Gasteiger partial charge in [0.05, 0.1) is 11.2 Å². The van der Waals surface area contributed by atoms with Crippen LogP contribution in [0.1, 0.15) is 47.4 Å². The van der Waals surface area contributed by atoms with E-state index in [2.05, 4.69) is 49.0 Å². The molecule has 33 heavy (non-hydrogen) atoms. The molecule has 0 aliphatic carbocycles. The van der Waals surface area contributed by atoms with Crippen LogP contribution in [-0.2, 0) is 13.1 Å². The topological polar surface area (TPSA) is 49.3 Å². The Balaban J connectivity index is 1.77. The molecule has 2 N–H and O–H groups in total. The lowest BCUT2D eigenvalue weighted by molar-refractivity contribution is 0.0766. The summed E-state index contributed by atoms with van der Waals surface area (Å²) in [6.45, 7) is 13.5. The van der Waals surface area contributed by atoms with Gasteiger partial charge in [-0.05, 0) is 68.1 Å². The van der Waals surface area contributed by atoms with Crippen LogP contribution in [0, 0.1) is 25.6 Å². The number of fused-ring (bicyclic) bond motifs is 1. The molecule has 176 valence electrons. The molecule has 0 spiro atoms. The van der Waals surface area contributed by atoms with Crippen LogP contribution in [0.3, 0.4) is 0 Å². The van der Waals surface area contributed by atoms with E-state index in [0.717, 1.165) is 66.9 Å². The van der Waals surface area contributed by atoms with Crippen LogP contribution >= 0.6 is 0 Å². The Morgan fingerprint density at radius 3 is 2.61 bits per heavy atom. The molecule has 3 aromatic rings. The van der Waals surface area contributed by atoms with Gasteiger partial charge in [-0.3, -0.25) is 4.79 Å². The van der Waals surface area contributed by atoms with Crippen molar-refractivity contribution in [1.29, 1.82) is 0 Å². The van der Waals surface area contributed by atoms with Crippen molar-refractivity contribution >= 4 is 22.5 Å². The van der Waals surface area contributed by atoms with Gasteiger partial charge in [-0.15, -0.1) is 0 Å². The molecule has 1 aromatic heterocycles. The summed E-state index contributed by atoms with van der Waals surface area (Å²) >= 11 is 0. The molecular formula is C27H35FN4O. The molecule has 1 aliphatic heterocycles. The third-order valence-corrected chi connectivity index (χ3v) is 6.55. The second kappa shape index (κ2) is 9.96. The smallest absolute Gasteiger partial charge is 0.253 e. The summed E-state index contributed by atoms with van der Waals surface area (Å²) in [5, 5.41) is 8.05. The number of halogens is 1. The molecule has 0 radical (unpaired) electrons. The highest BCUT2D eigenvalue weighted by atomic mass is 19.1. The third-order valence-electron chi connectivity index (χ3n) is 6.55. The summed E-state index contributed by atoms with van der Waals surface area (Å²) < 4.78 is 15.7. The second-order valence-corrected chi connectivity index (χ2v) is 9.51. The molecule has 1 fully saturated rings. The van der Waals surface area contributed by atoms with Gasteiger partial charge in [0.15, 0.2) is 0 Å². The zero-order valence-electron chi connectivity index (χ0n) is 20.2. The van der Waals surface area contributed by atoms with Crippen molar-refractivity contribution in [3.05, 3.63) is 64.6 Å². The summed E-state index contributed by atoms with van der Waals surface area (Å²) in [5.41, 5.74) is 6.24. The van der Waals surface area contributed by atoms with Crippen LogP contribution in [0.2, 0.25) is 0 Å². The zero-order valence-corrected chi connectivity index (χ0v) is 20.2. The number of hydrogen-bond acceptors (Lipinski definition) is 3. The molecule has 6 heteroatoms. The Hall–Kier alpha value is -2.86. The van der Waals surface area contributed by atoms with Crippen LogP contribution < -0.4 is 10.6 Å². The van der Waals surface area contributed by atoms with Gasteiger partial charge in [-0.2, -0.15) is 0 Å². The Morgan fingerprint density at radius 1 is 1.12 bits per heavy atom. The van der Waals surface area contributed by atoms with E-state index < -0.39 is 0 Å². The fraction of sp³-hybridized carbons (Fsp3) is 0.444. The van der Waals surface area contributed by atoms with E-state index in [1.54, 1.807) is 12.1 Å². The number of carbonyl (C=O) groups is 1. The molecule has 1 amide bonds. The van der Waals surface area contributed by atoms with Crippen LogP contribution in [-0.4, -0.2) is 41.6 Å². The lowest BCUT2D eigenvalue weighted by atomic mass is 10.1. The standard InChI is InChI=1S/C27H35FN4O/c1-18(2)17-32-20(4)19(3)24-14-22(27(33)31-12-5-10-29-11-13-31)15-25(26(24)32)30-16-21-6-8-23(28)9-7-21/h6-9,14-15,18,29-30H,5,10-13,16-17H2,1-4H3. The van der Waals surface area contributed by atoms with Crippen molar-refractivity contribution in [3.63, 3.8) is 0 Å². The number of aromatic nitrogens is 1. The molecular weight excluding hydrogens is 415 g/mol. The molecule has 2 heterocycles. The van der Waals surface area contributed by atoms with Gasteiger partial charge in [-0.25, -0.2) is 4.39 Å². The predicted molar refractivity (Wildman–Crippen MR) is 133 cm³/mol. The summed E-state index contributed by atoms with van der Waals surface area (Å²) in [6.07, 6.45) is 0.965. The molecule has 1 saturated heterocycles. The van der Waals surface area contributed by atoms with Crippen molar-refractivity contribution in [2.24, 2.45) is 5.92 Å². The maximum atomic E-state index is 13.5. The highest BCUT2D eigenvalue weighted by Gasteiger charge is 2.22. The van der Waals surface area contributed by atoms with E-state index >= 15 is 0 Å². The average molecular weight is 451 g/mol. The minimum Gasteiger partial charge on any atom is -0.379 e. The number of nitrogens with zero attached hydrogens (tertiary/aromatic N) is 2. The lowest BCUT2D eigenvalue weighted by Gasteiger charge is -2.21. The first-order chi connectivity index (χ1) is 15.8. The molecule has 0 atom stereocenters. The van der Waals surface area contributed by atoms with Gasteiger partial charge < -0.3 is 20.1 Å². The first-order valence-corrected chi connectivity index (χ1v) is 12.0. The molecule has 0 unspecified atom stereocenters. The number of amides is 1. The van der Waals surface area contributed by atoms with Crippen molar-refractivity contribution in [1.82, 2.24) is 14.8 Å². The summed E-state index contributed by atoms with van der Waals surface area (Å²) in [7, 11) is 0. The molecule has 5 nitrogen and oxygen atoms in total. The Kier molecular flexibility index (Phi) is 7.03. The van der Waals surface area contributed by atoms with Gasteiger partial charge in [0.1, 0.15) is 5.82 Å². The highest BCUT2D eigenvalue weighted by molar-refractivity contribution is 6.04. The minimum atomic E-state index is -0.238. The number of anilines is 1. The van der Waals surface area contributed by atoms with E-state index in [0.29, 0.717) is 12.5 Å². The summed E-state index contributed by atoms with van der Waals surface area (Å²) in [6, 6.07) is 10.6. The van der Waals surface area contributed by atoms with E-state index in [1.165, 1.54) is 23.4 Å². The zero-order chi connectivity index (χ0) is 23.5. The number of aryl methyl sites for hydroxylation is 1. The van der Waals surface area contributed by atoms with Crippen LogP contribution in [0.15, 0.2) is 36.4 Å². The number of hydrogen-bond donors (Lipinski definition) is 2. The van der Waals surface area contributed by atoms with E-state index in [-0.39, 0.29) is 11.7 Å². The van der Waals surface area contributed by atoms with Crippen molar-refractivity contribution in [2.75, 3.05) is 31.5 Å². The Labute approximate surface area is 196 Å². The van der Waals surface area contributed by atoms with Gasteiger partial charge >= 0.3 is 0 Å². The average Bonchev–Trinajstić information content (AvgIpc) is 2.99. The molecule has 0 bridgehead atoms. The number of nitrogens with one attached hydrogen (secondary N) is 2. The third kappa shape index (κ3) is 5.06. The Bertz CT molecular complexity index is 1130. The fourth-order valence-corrected chi connectivity index (χ4v) is 4.66. The van der Waals surface area contributed by atoms with Gasteiger partial charge in [0, 0.05) is 49.4 Å². The maximum absolute atomic E-state index is 13.5. The van der Waals surface area contributed by atoms with Crippen molar-refractivity contribution in [2.45, 2.75) is 47.2 Å². The van der Waals surface area contributed by atoms with Crippen molar-refractivity contribution in [3.8, 4) is 0 Å². The van der Waals surface area contributed by atoms with Crippen LogP contribution in [0.25, 0.3) is 10.9 Å². The van der Waals surface area contributed by atoms with Gasteiger partial charge in [0.2, 0.25) is 0 Å². The predicted octanol–water partition coefficient (Wildman–Crippen LogP) is 5.10. The van der Waals surface area contributed by atoms with Gasteiger partial charge in [-0.1, -0.05) is 26.0 Å². The van der Waals surface area contributed by atoms with E-state index in [4.69, 9.17) is 0 Å². The molecule has 4 rings (SSSR count). The normalized spacial score (nSPS) is 14.7. The minimum absolute atomic E-state index is 0.0825. The first-order valence-electron chi connectivity index (χ1n) is 12.0. The summed E-state index contributed by atoms with van der Waals surface area (Å²) in [5.74, 6) is 0.339. The number of carbonyl (C=O) groups excluding carboxylic acids is 1. The lowest BCUT2D eigenvalue weighted by Crippen LogP contribution is -2.34. The van der Waals surface area contributed by atoms with E-state index in [9.17, 15) is 9.18 Å². The van der Waals surface area contributed by atoms with Crippen LogP contribution in [0.4, 0.5) is 10.1 Å². The maximum Gasteiger partial charge on any atom is 0.253 e. The molecule has 0 saturated carbocycles. The van der Waals surface area contributed by atoms with Gasteiger partial charge in [0.25, 0.3) is 5.91 Å². The quantitative estimate of drug-likeness (QED) is 0.549. The monoisotopic (exact) mass is 450 g/mol. The van der Waals surface area contributed by atoms with Crippen molar-refractivity contribution < 1.29 is 9.18 Å². The van der Waals surface area contributed by atoms with E-state index in [1.807, 2.05) is 11.0 Å². The van der Waals surface area contributed by atoms with Crippen LogP contribution in [0.5, 0.6) is 0 Å². The Morgan fingerprint density at radius 2 is 1.88 bits per heavy atom. The molecule has 2 aromatic carbocycles. The SMILES string of the molecule is Cc1c(C)n(CC(C)C)c2c(NCc3ccc(F)cc3)cc(C(=O)N3CCCNCC3)cc12. The largest absolute Gasteiger partial charge is 0.379 e. The number of rotatable bonds is 6. The second-order valence-electron chi connectivity index (χ2n) is 9.51. The fourth-order valence-electron chi connectivity index (χ4n) is 4.66.